The average Bonchev–Trinajstić information content (AvgIpc) is 3.31. The van der Waals surface area contributed by atoms with Crippen molar-refractivity contribution in [2.45, 2.75) is 18.6 Å². The smallest absolute Gasteiger partial charge is 0.243 e. The second-order valence-corrected chi connectivity index (χ2v) is 9.86. The predicted molar refractivity (Wildman–Crippen MR) is 132 cm³/mol. The third kappa shape index (κ3) is 5.43. The van der Waals surface area contributed by atoms with E-state index >= 15 is 0 Å². The molecule has 14 heteroatoms. The highest BCUT2D eigenvalue weighted by Crippen LogP contribution is 2.38. The van der Waals surface area contributed by atoms with Crippen LogP contribution in [0.1, 0.15) is 12.7 Å². The minimum absolute atomic E-state index is 0.0594. The maximum atomic E-state index is 13.3. The van der Waals surface area contributed by atoms with Gasteiger partial charge in [0.1, 0.15) is 23.0 Å². The van der Waals surface area contributed by atoms with Crippen LogP contribution in [0.2, 0.25) is 0 Å². The van der Waals surface area contributed by atoms with E-state index < -0.39 is 21.1 Å². The molecule has 0 radical (unpaired) electrons. The zero-order valence-electron chi connectivity index (χ0n) is 20.4. The summed E-state index contributed by atoms with van der Waals surface area (Å²) in [5.41, 5.74) is 0.918. The van der Waals surface area contributed by atoms with Crippen molar-refractivity contribution in [2.75, 3.05) is 26.1 Å². The highest BCUT2D eigenvalue weighted by molar-refractivity contribution is 7.93. The molecule has 194 valence electrons. The van der Waals surface area contributed by atoms with Gasteiger partial charge < -0.3 is 14.2 Å². The van der Waals surface area contributed by atoms with Crippen LogP contribution in [0.5, 0.6) is 17.4 Å². The van der Waals surface area contributed by atoms with Gasteiger partial charge in [-0.3, -0.25) is 9.29 Å². The van der Waals surface area contributed by atoms with Crippen molar-refractivity contribution in [1.29, 1.82) is 0 Å². The zero-order chi connectivity index (χ0) is 26.6. The molecule has 4 rings (SSSR count). The van der Waals surface area contributed by atoms with Crippen molar-refractivity contribution < 1.29 is 27.0 Å². The molecule has 12 nitrogen and oxygen atoms in total. The van der Waals surface area contributed by atoms with Crippen molar-refractivity contribution in [3.8, 4) is 34.5 Å². The SMILES string of the molecule is COc1cc(-c2nnc(NS(=O)(=O)C(C)Cc3ncc(F)cn3)n2-c2c(OC)cccc2OC)ccn1. The molecule has 4 aromatic rings. The lowest BCUT2D eigenvalue weighted by Crippen LogP contribution is -2.29. The number of rotatable bonds is 10. The molecule has 0 fully saturated rings. The Balaban J connectivity index is 1.82. The number of hydrogen-bond donors (Lipinski definition) is 1. The van der Waals surface area contributed by atoms with Crippen molar-refractivity contribution >= 4 is 16.0 Å². The molecule has 3 heterocycles. The van der Waals surface area contributed by atoms with Crippen molar-refractivity contribution in [3.05, 3.63) is 60.6 Å². The molecular weight excluding hydrogens is 505 g/mol. The first-order valence-electron chi connectivity index (χ1n) is 10.9. The summed E-state index contributed by atoms with van der Waals surface area (Å²) in [5, 5.41) is 7.39. The summed E-state index contributed by atoms with van der Waals surface area (Å²) < 4.78 is 60.1. The Morgan fingerprint density at radius 1 is 1.00 bits per heavy atom. The maximum absolute atomic E-state index is 13.3. The number of aromatic nitrogens is 6. The van der Waals surface area contributed by atoms with E-state index in [0.717, 1.165) is 12.4 Å². The van der Waals surface area contributed by atoms with Gasteiger partial charge in [-0.2, -0.15) is 0 Å². The molecule has 0 aliphatic carbocycles. The van der Waals surface area contributed by atoms with Crippen LogP contribution in [0, 0.1) is 5.82 Å². The topological polar surface area (TPSA) is 143 Å². The van der Waals surface area contributed by atoms with E-state index in [4.69, 9.17) is 14.2 Å². The monoisotopic (exact) mass is 529 g/mol. The summed E-state index contributed by atoms with van der Waals surface area (Å²) in [7, 11) is 0.396. The molecule has 1 N–H and O–H groups in total. The van der Waals surface area contributed by atoms with Gasteiger partial charge in [-0.15, -0.1) is 10.2 Å². The number of benzene rings is 1. The van der Waals surface area contributed by atoms with Crippen LogP contribution in [-0.4, -0.2) is 64.7 Å². The first-order valence-corrected chi connectivity index (χ1v) is 12.5. The number of sulfonamides is 1. The fourth-order valence-corrected chi connectivity index (χ4v) is 4.46. The van der Waals surface area contributed by atoms with Crippen LogP contribution in [-0.2, 0) is 16.4 Å². The lowest BCUT2D eigenvalue weighted by atomic mass is 10.2. The van der Waals surface area contributed by atoms with E-state index in [9.17, 15) is 12.8 Å². The molecule has 0 bridgehead atoms. The quantitative estimate of drug-likeness (QED) is 0.326. The van der Waals surface area contributed by atoms with Crippen LogP contribution in [0.4, 0.5) is 10.3 Å². The molecule has 0 spiro atoms. The Morgan fingerprint density at radius 3 is 2.30 bits per heavy atom. The van der Waals surface area contributed by atoms with Gasteiger partial charge >= 0.3 is 0 Å². The number of pyridine rings is 1. The first kappa shape index (κ1) is 25.8. The van der Waals surface area contributed by atoms with Crippen LogP contribution < -0.4 is 18.9 Å². The summed E-state index contributed by atoms with van der Waals surface area (Å²) in [5.74, 6) is 0.822. The first-order chi connectivity index (χ1) is 17.8. The van der Waals surface area contributed by atoms with E-state index in [0.29, 0.717) is 28.6 Å². The van der Waals surface area contributed by atoms with Gasteiger partial charge in [0.15, 0.2) is 11.6 Å². The molecule has 0 saturated heterocycles. The largest absolute Gasteiger partial charge is 0.494 e. The second-order valence-electron chi connectivity index (χ2n) is 7.76. The van der Waals surface area contributed by atoms with Gasteiger partial charge in [0.25, 0.3) is 0 Å². The van der Waals surface area contributed by atoms with Crippen molar-refractivity contribution in [3.63, 3.8) is 0 Å². The molecule has 0 saturated carbocycles. The highest BCUT2D eigenvalue weighted by Gasteiger charge is 2.28. The molecule has 0 aliphatic rings. The minimum Gasteiger partial charge on any atom is -0.494 e. The molecule has 1 aromatic carbocycles. The van der Waals surface area contributed by atoms with Gasteiger partial charge in [0, 0.05) is 24.2 Å². The predicted octanol–water partition coefficient (Wildman–Crippen LogP) is 2.66. The van der Waals surface area contributed by atoms with Crippen LogP contribution in [0.3, 0.4) is 0 Å². The Hall–Kier alpha value is -4.33. The molecule has 1 unspecified atom stereocenters. The molecule has 1 atom stereocenters. The Kier molecular flexibility index (Phi) is 7.47. The maximum Gasteiger partial charge on any atom is 0.243 e. The minimum atomic E-state index is -4.04. The number of nitrogens with zero attached hydrogens (tertiary/aromatic N) is 6. The zero-order valence-corrected chi connectivity index (χ0v) is 21.2. The number of para-hydroxylation sites is 1. The Morgan fingerprint density at radius 2 is 1.68 bits per heavy atom. The highest BCUT2D eigenvalue weighted by atomic mass is 32.2. The number of ether oxygens (including phenoxy) is 3. The van der Waals surface area contributed by atoms with Crippen LogP contribution in [0.25, 0.3) is 17.1 Å². The van der Waals surface area contributed by atoms with Gasteiger partial charge in [0.2, 0.25) is 21.9 Å². The number of halogens is 1. The number of hydrogen-bond acceptors (Lipinski definition) is 10. The van der Waals surface area contributed by atoms with E-state index in [1.165, 1.54) is 39.0 Å². The van der Waals surface area contributed by atoms with Gasteiger partial charge in [-0.05, 0) is 25.1 Å². The lowest BCUT2D eigenvalue weighted by molar-refractivity contribution is 0.391. The summed E-state index contributed by atoms with van der Waals surface area (Å²) in [6.45, 7) is 1.48. The molecule has 0 amide bonds. The Bertz CT molecular complexity index is 1470. The van der Waals surface area contributed by atoms with Gasteiger partial charge in [-0.1, -0.05) is 6.07 Å². The van der Waals surface area contributed by atoms with Crippen molar-refractivity contribution in [1.82, 2.24) is 29.7 Å². The average molecular weight is 530 g/mol. The number of nitrogens with one attached hydrogen (secondary N) is 1. The number of anilines is 1. The van der Waals surface area contributed by atoms with E-state index in [1.807, 2.05) is 0 Å². The van der Waals surface area contributed by atoms with Crippen molar-refractivity contribution in [2.24, 2.45) is 0 Å². The Labute approximate surface area is 212 Å². The second kappa shape index (κ2) is 10.7. The van der Waals surface area contributed by atoms with E-state index in [-0.39, 0.29) is 24.0 Å². The van der Waals surface area contributed by atoms with E-state index in [1.54, 1.807) is 30.3 Å². The van der Waals surface area contributed by atoms with Gasteiger partial charge in [-0.25, -0.2) is 27.8 Å². The fraction of sp³-hybridized carbons (Fsp3) is 0.261. The van der Waals surface area contributed by atoms with Crippen LogP contribution >= 0.6 is 0 Å². The van der Waals surface area contributed by atoms with E-state index in [2.05, 4.69) is 29.9 Å². The number of methoxy groups -OCH3 is 3. The standard InChI is InChI=1S/C23H24FN7O5S/c1-14(10-19-26-12-16(24)13-27-19)37(32,33)30-23-29-28-22(15-8-9-25-20(11-15)36-4)31(23)21-17(34-2)6-5-7-18(21)35-3/h5-9,11-14H,10H2,1-4H3,(H,29,30). The fourth-order valence-electron chi connectivity index (χ4n) is 3.50. The molecule has 3 aromatic heterocycles. The molecular formula is C23H24FN7O5S. The molecule has 0 aliphatic heterocycles. The summed E-state index contributed by atoms with van der Waals surface area (Å²) in [6, 6.07) is 8.44. The molecule has 37 heavy (non-hydrogen) atoms. The summed E-state index contributed by atoms with van der Waals surface area (Å²) >= 11 is 0. The normalized spacial score (nSPS) is 12.1. The van der Waals surface area contributed by atoms with Gasteiger partial charge in [0.05, 0.1) is 39.0 Å². The summed E-state index contributed by atoms with van der Waals surface area (Å²) in [6.07, 6.45) is 3.43. The third-order valence-electron chi connectivity index (χ3n) is 5.40. The van der Waals surface area contributed by atoms with Crippen LogP contribution in [0.15, 0.2) is 48.9 Å². The summed E-state index contributed by atoms with van der Waals surface area (Å²) in [4.78, 5) is 11.8. The lowest BCUT2D eigenvalue weighted by Gasteiger charge is -2.19. The third-order valence-corrected chi connectivity index (χ3v) is 7.09.